The first-order chi connectivity index (χ1) is 20.7. The number of alkyl carbamates (subject to hydrolysis) is 1. The van der Waals surface area contributed by atoms with Crippen LogP contribution in [0.2, 0.25) is 0 Å². The summed E-state index contributed by atoms with van der Waals surface area (Å²) >= 11 is 0. The number of aryl methyl sites for hydroxylation is 1. The molecule has 0 saturated heterocycles. The average Bonchev–Trinajstić information content (AvgIpc) is 3.01. The second-order valence-corrected chi connectivity index (χ2v) is 10.9. The Morgan fingerprint density at radius 1 is 1.05 bits per heavy atom. The van der Waals surface area contributed by atoms with Crippen molar-refractivity contribution in [3.63, 3.8) is 0 Å². The monoisotopic (exact) mass is 587 g/mol. The number of carboxylic acids is 1. The molecule has 9 heteroatoms. The Morgan fingerprint density at radius 3 is 2.65 bits per heavy atom. The summed E-state index contributed by atoms with van der Waals surface area (Å²) in [5.41, 5.74) is 12.8. The Balaban J connectivity index is 1.33. The molecule has 0 saturated carbocycles. The van der Waals surface area contributed by atoms with Crippen LogP contribution in [0.1, 0.15) is 54.4 Å². The fourth-order valence-corrected chi connectivity index (χ4v) is 5.24. The maximum atomic E-state index is 13.3. The summed E-state index contributed by atoms with van der Waals surface area (Å²) in [7, 11) is 0. The van der Waals surface area contributed by atoms with Crippen LogP contribution in [0.15, 0.2) is 60.7 Å². The van der Waals surface area contributed by atoms with Gasteiger partial charge in [0, 0.05) is 25.2 Å². The van der Waals surface area contributed by atoms with E-state index in [0.717, 1.165) is 52.1 Å². The highest BCUT2D eigenvalue weighted by Gasteiger charge is 2.24. The zero-order chi connectivity index (χ0) is 30.8. The molecule has 0 spiro atoms. The third-order valence-electron chi connectivity index (χ3n) is 7.79. The molecule has 1 heterocycles. The number of anilines is 1. The molecular formula is C34H41N3O6. The summed E-state index contributed by atoms with van der Waals surface area (Å²) < 4.78 is 11.3. The first-order valence-corrected chi connectivity index (χ1v) is 14.8. The summed E-state index contributed by atoms with van der Waals surface area (Å²) in [4.78, 5) is 38.1. The summed E-state index contributed by atoms with van der Waals surface area (Å²) in [5.74, 6) is -0.0937. The largest absolute Gasteiger partial charge is 0.493 e. The number of carboxylic acid groups (broad SMARTS) is 1. The van der Waals surface area contributed by atoms with Gasteiger partial charge in [-0.2, -0.15) is 0 Å². The van der Waals surface area contributed by atoms with Crippen molar-refractivity contribution in [2.45, 2.75) is 65.0 Å². The number of nitrogens with zero attached hydrogens (tertiary/aromatic N) is 1. The highest BCUT2D eigenvalue weighted by Crippen LogP contribution is 2.36. The van der Waals surface area contributed by atoms with E-state index >= 15 is 0 Å². The van der Waals surface area contributed by atoms with Crippen molar-refractivity contribution in [2.75, 3.05) is 24.6 Å². The average molecular weight is 588 g/mol. The van der Waals surface area contributed by atoms with E-state index in [4.69, 9.17) is 20.3 Å². The second kappa shape index (κ2) is 15.2. The van der Waals surface area contributed by atoms with Crippen molar-refractivity contribution in [2.24, 2.45) is 5.73 Å². The molecule has 0 radical (unpaired) electrons. The van der Waals surface area contributed by atoms with Gasteiger partial charge >= 0.3 is 12.1 Å². The lowest BCUT2D eigenvalue weighted by Crippen LogP contribution is -2.35. The Kier molecular flexibility index (Phi) is 11.2. The molecule has 0 aliphatic carbocycles. The summed E-state index contributed by atoms with van der Waals surface area (Å²) in [6, 6.07) is 19.0. The van der Waals surface area contributed by atoms with Gasteiger partial charge in [-0.1, -0.05) is 42.5 Å². The lowest BCUT2D eigenvalue weighted by molar-refractivity contribution is -0.138. The Bertz CT molecular complexity index is 1440. The number of rotatable bonds is 13. The molecule has 0 bridgehead atoms. The molecule has 1 aliphatic heterocycles. The maximum absolute atomic E-state index is 13.3. The number of fused-ring (bicyclic) bond motifs is 1. The predicted molar refractivity (Wildman–Crippen MR) is 166 cm³/mol. The van der Waals surface area contributed by atoms with E-state index in [1.54, 1.807) is 0 Å². The van der Waals surface area contributed by atoms with Gasteiger partial charge < -0.3 is 30.5 Å². The summed E-state index contributed by atoms with van der Waals surface area (Å²) in [6.45, 7) is 5.67. The van der Waals surface area contributed by atoms with E-state index in [1.807, 2.05) is 60.4 Å². The zero-order valence-electron chi connectivity index (χ0n) is 24.9. The molecule has 228 valence electrons. The van der Waals surface area contributed by atoms with Crippen molar-refractivity contribution in [1.29, 1.82) is 0 Å². The molecule has 0 fully saturated rings. The van der Waals surface area contributed by atoms with Crippen LogP contribution in [-0.4, -0.2) is 48.8 Å². The van der Waals surface area contributed by atoms with Gasteiger partial charge in [0.1, 0.15) is 18.4 Å². The number of carbonyl (C=O) groups is 3. The van der Waals surface area contributed by atoms with Gasteiger partial charge in [-0.15, -0.1) is 0 Å². The van der Waals surface area contributed by atoms with Gasteiger partial charge in [0.15, 0.2) is 0 Å². The standard InChI is InChI=1S/C34H41N3O6/c1-23-9-3-16-31(24(23)2)42-20-8-17-32(38)37-19-7-13-28-27(12-5-15-30(28)37)26-11-4-10-25(21-26)22-43-34(41)36-18-6-14-29(35)33(39)40/h3-5,9-12,15-16,21,29H,6-8,13-14,17-20,22,35H2,1-2H3,(H,36,41)(H,39,40)/t29-/m0/s1. The first kappa shape index (κ1) is 31.6. The summed E-state index contributed by atoms with van der Waals surface area (Å²) in [5, 5.41) is 11.5. The highest BCUT2D eigenvalue weighted by atomic mass is 16.5. The van der Waals surface area contributed by atoms with Gasteiger partial charge in [-0.25, -0.2) is 4.79 Å². The number of hydrogen-bond acceptors (Lipinski definition) is 6. The van der Waals surface area contributed by atoms with Crippen molar-refractivity contribution in [1.82, 2.24) is 5.32 Å². The third kappa shape index (κ3) is 8.58. The highest BCUT2D eigenvalue weighted by molar-refractivity contribution is 5.96. The van der Waals surface area contributed by atoms with Crippen LogP contribution >= 0.6 is 0 Å². The number of carbonyl (C=O) groups excluding carboxylic acids is 2. The minimum Gasteiger partial charge on any atom is -0.493 e. The van der Waals surface area contributed by atoms with E-state index in [9.17, 15) is 14.4 Å². The molecule has 4 N–H and O–H groups in total. The maximum Gasteiger partial charge on any atom is 0.407 e. The van der Waals surface area contributed by atoms with Crippen molar-refractivity contribution >= 4 is 23.7 Å². The van der Waals surface area contributed by atoms with Crippen molar-refractivity contribution < 1.29 is 29.0 Å². The number of amides is 2. The molecular weight excluding hydrogens is 546 g/mol. The smallest absolute Gasteiger partial charge is 0.407 e. The molecule has 0 aromatic heterocycles. The van der Waals surface area contributed by atoms with Crippen molar-refractivity contribution in [3.8, 4) is 16.9 Å². The molecule has 1 atom stereocenters. The van der Waals surface area contributed by atoms with E-state index in [-0.39, 0.29) is 25.5 Å². The molecule has 4 rings (SSSR count). The molecule has 43 heavy (non-hydrogen) atoms. The lowest BCUT2D eigenvalue weighted by Gasteiger charge is -2.31. The molecule has 9 nitrogen and oxygen atoms in total. The van der Waals surface area contributed by atoms with Crippen LogP contribution in [0.5, 0.6) is 5.75 Å². The van der Waals surface area contributed by atoms with Crippen LogP contribution < -0.4 is 20.7 Å². The predicted octanol–water partition coefficient (Wildman–Crippen LogP) is 5.53. The Hall–Kier alpha value is -4.37. The van der Waals surface area contributed by atoms with E-state index in [0.29, 0.717) is 32.4 Å². The van der Waals surface area contributed by atoms with Crippen LogP contribution in [0.3, 0.4) is 0 Å². The lowest BCUT2D eigenvalue weighted by atomic mass is 9.91. The van der Waals surface area contributed by atoms with Gasteiger partial charge in [0.05, 0.1) is 6.61 Å². The number of aliphatic carboxylic acids is 1. The number of ether oxygens (including phenoxy) is 2. The Labute approximate surface area is 253 Å². The van der Waals surface area contributed by atoms with Gasteiger partial charge in [-0.05, 0) is 97.5 Å². The Morgan fingerprint density at radius 2 is 1.84 bits per heavy atom. The van der Waals surface area contributed by atoms with E-state index < -0.39 is 18.1 Å². The normalized spacial score (nSPS) is 13.1. The second-order valence-electron chi connectivity index (χ2n) is 10.9. The van der Waals surface area contributed by atoms with E-state index in [1.165, 1.54) is 5.56 Å². The van der Waals surface area contributed by atoms with Crippen LogP contribution in [-0.2, 0) is 27.4 Å². The number of nitrogens with two attached hydrogens (primary N) is 1. The number of nitrogens with one attached hydrogen (secondary N) is 1. The zero-order valence-corrected chi connectivity index (χ0v) is 24.9. The van der Waals surface area contributed by atoms with Gasteiger partial charge in [-0.3, -0.25) is 9.59 Å². The topological polar surface area (TPSA) is 131 Å². The fourth-order valence-electron chi connectivity index (χ4n) is 5.24. The fraction of sp³-hybridized carbons (Fsp3) is 0.382. The summed E-state index contributed by atoms with van der Waals surface area (Å²) in [6.07, 6.45) is 2.95. The molecule has 1 aliphatic rings. The number of hydrogen-bond donors (Lipinski definition) is 3. The SMILES string of the molecule is Cc1cccc(OCCCC(=O)N2CCCc3c(-c4cccc(COC(=O)NCCC[C@H](N)C(=O)O)c4)cccc32)c1C. The number of benzene rings is 3. The van der Waals surface area contributed by atoms with Gasteiger partial charge in [0.2, 0.25) is 5.91 Å². The third-order valence-corrected chi connectivity index (χ3v) is 7.79. The van der Waals surface area contributed by atoms with Crippen LogP contribution in [0.25, 0.3) is 11.1 Å². The van der Waals surface area contributed by atoms with Crippen molar-refractivity contribution in [3.05, 3.63) is 82.9 Å². The quantitative estimate of drug-likeness (QED) is 0.224. The molecule has 3 aromatic rings. The van der Waals surface area contributed by atoms with E-state index in [2.05, 4.69) is 24.4 Å². The van der Waals surface area contributed by atoms with Gasteiger partial charge in [0.25, 0.3) is 0 Å². The van der Waals surface area contributed by atoms with Crippen LogP contribution in [0.4, 0.5) is 10.5 Å². The van der Waals surface area contributed by atoms with Crippen LogP contribution in [0, 0.1) is 13.8 Å². The minimum absolute atomic E-state index is 0.0953. The molecule has 0 unspecified atom stereocenters. The molecule has 2 amide bonds. The molecule has 3 aromatic carbocycles. The first-order valence-electron chi connectivity index (χ1n) is 14.8. The minimum atomic E-state index is -1.06.